The third kappa shape index (κ3) is 5.72. The summed E-state index contributed by atoms with van der Waals surface area (Å²) in [5.41, 5.74) is 2.96. The summed E-state index contributed by atoms with van der Waals surface area (Å²) in [5.74, 6) is 1.57. The van der Waals surface area contributed by atoms with Crippen molar-refractivity contribution in [3.05, 3.63) is 60.2 Å². The van der Waals surface area contributed by atoms with Gasteiger partial charge in [0.05, 0.1) is 37.3 Å². The Bertz CT molecular complexity index is 886. The number of aliphatic imine (C=N–C) groups is 1. The number of methoxy groups -OCH3 is 1. The van der Waals surface area contributed by atoms with Crippen molar-refractivity contribution in [1.82, 2.24) is 30.2 Å². The van der Waals surface area contributed by atoms with Gasteiger partial charge in [0.1, 0.15) is 5.75 Å². The Morgan fingerprint density at radius 3 is 2.57 bits per heavy atom. The zero-order valence-corrected chi connectivity index (χ0v) is 18.6. The van der Waals surface area contributed by atoms with Crippen LogP contribution < -0.4 is 15.4 Å². The molecule has 0 saturated carbocycles. The summed E-state index contributed by atoms with van der Waals surface area (Å²) < 4.78 is 8.86. The number of aromatic nitrogens is 4. The Kier molecular flexibility index (Phi) is 8.30. The van der Waals surface area contributed by atoms with Crippen LogP contribution in [-0.4, -0.2) is 39.2 Å². The molecule has 1 aromatic carbocycles. The number of halogens is 1. The highest BCUT2D eigenvalue weighted by atomic mass is 127. The molecule has 0 spiro atoms. The number of hydrogen-bond acceptors (Lipinski definition) is 4. The van der Waals surface area contributed by atoms with Crippen LogP contribution in [0.5, 0.6) is 5.75 Å². The third-order valence-corrected chi connectivity index (χ3v) is 4.08. The van der Waals surface area contributed by atoms with E-state index in [1.54, 1.807) is 13.3 Å². The van der Waals surface area contributed by atoms with Gasteiger partial charge in [-0.15, -0.1) is 24.0 Å². The van der Waals surface area contributed by atoms with E-state index in [9.17, 15) is 0 Å². The summed E-state index contributed by atoms with van der Waals surface area (Å²) in [6, 6.07) is 11.7. The molecule has 0 fully saturated rings. The van der Waals surface area contributed by atoms with Crippen LogP contribution >= 0.6 is 24.0 Å². The largest absolute Gasteiger partial charge is 0.497 e. The summed E-state index contributed by atoms with van der Waals surface area (Å²) in [7, 11) is 3.58. The first-order chi connectivity index (χ1) is 13.2. The lowest BCUT2D eigenvalue weighted by atomic mass is 10.3. The molecule has 0 aliphatic heterocycles. The molecule has 3 rings (SSSR count). The number of nitrogens with one attached hydrogen (secondary N) is 2. The fourth-order valence-corrected chi connectivity index (χ4v) is 2.58. The molecule has 0 amide bonds. The second-order valence-electron chi connectivity index (χ2n) is 5.94. The molecule has 150 valence electrons. The number of hydrogen-bond donors (Lipinski definition) is 2. The fraction of sp³-hybridized carbons (Fsp3) is 0.316. The van der Waals surface area contributed by atoms with Crippen LogP contribution in [0.15, 0.2) is 53.8 Å². The topological polar surface area (TPSA) is 81.3 Å². The van der Waals surface area contributed by atoms with Gasteiger partial charge in [0.25, 0.3) is 0 Å². The van der Waals surface area contributed by atoms with Crippen molar-refractivity contribution in [2.45, 2.75) is 20.0 Å². The molecule has 8 nitrogen and oxygen atoms in total. The minimum atomic E-state index is 0. The van der Waals surface area contributed by atoms with Gasteiger partial charge in [0.15, 0.2) is 5.96 Å². The summed E-state index contributed by atoms with van der Waals surface area (Å²) in [6.45, 7) is 3.98. The van der Waals surface area contributed by atoms with Crippen molar-refractivity contribution < 1.29 is 4.74 Å². The molecule has 0 bridgehead atoms. The van der Waals surface area contributed by atoms with Gasteiger partial charge >= 0.3 is 0 Å². The number of guanidine groups is 1. The summed E-state index contributed by atoms with van der Waals surface area (Å²) >= 11 is 0. The number of rotatable bonds is 7. The van der Waals surface area contributed by atoms with E-state index >= 15 is 0 Å². The summed E-state index contributed by atoms with van der Waals surface area (Å²) in [4.78, 5) is 4.62. The van der Waals surface area contributed by atoms with Crippen LogP contribution in [-0.2, 0) is 20.1 Å². The predicted molar refractivity (Wildman–Crippen MR) is 120 cm³/mol. The van der Waals surface area contributed by atoms with Crippen LogP contribution in [0.3, 0.4) is 0 Å². The summed E-state index contributed by atoms with van der Waals surface area (Å²) in [6.07, 6.45) is 3.72. The maximum absolute atomic E-state index is 5.19. The molecule has 0 unspecified atom stereocenters. The molecular weight excluding hydrogens is 469 g/mol. The van der Waals surface area contributed by atoms with Gasteiger partial charge in [-0.05, 0) is 43.3 Å². The van der Waals surface area contributed by atoms with Crippen molar-refractivity contribution in [2.24, 2.45) is 12.0 Å². The number of aryl methyl sites for hydroxylation is 1. The molecule has 0 aliphatic carbocycles. The van der Waals surface area contributed by atoms with E-state index in [0.717, 1.165) is 35.3 Å². The maximum atomic E-state index is 5.19. The fourth-order valence-electron chi connectivity index (χ4n) is 2.58. The van der Waals surface area contributed by atoms with Gasteiger partial charge in [-0.2, -0.15) is 10.2 Å². The second kappa shape index (κ2) is 10.7. The van der Waals surface area contributed by atoms with Gasteiger partial charge in [-0.1, -0.05) is 0 Å². The molecular formula is C19H26IN7O. The molecule has 2 aromatic heterocycles. The molecule has 9 heteroatoms. The molecule has 0 radical (unpaired) electrons. The minimum absolute atomic E-state index is 0. The van der Waals surface area contributed by atoms with Crippen LogP contribution in [0.4, 0.5) is 0 Å². The Balaban J connectivity index is 0.00000280. The minimum Gasteiger partial charge on any atom is -0.497 e. The normalized spacial score (nSPS) is 11.0. The van der Waals surface area contributed by atoms with Crippen molar-refractivity contribution in [3.63, 3.8) is 0 Å². The standard InChI is InChI=1S/C19H25N7O.HI/c1-4-20-19(22-14-17-9-11-23-25(17)2)21-13-15-10-12-26(24-15)16-5-7-18(27-3)8-6-16;/h5-12H,4,13-14H2,1-3H3,(H2,20,21,22);1H. The van der Waals surface area contributed by atoms with E-state index in [2.05, 4.69) is 25.8 Å². The lowest BCUT2D eigenvalue weighted by Crippen LogP contribution is -2.37. The lowest BCUT2D eigenvalue weighted by molar-refractivity contribution is 0.414. The Hall–Kier alpha value is -2.56. The monoisotopic (exact) mass is 495 g/mol. The van der Waals surface area contributed by atoms with Gasteiger partial charge < -0.3 is 15.4 Å². The molecule has 3 aromatic rings. The van der Waals surface area contributed by atoms with Crippen LogP contribution in [0.2, 0.25) is 0 Å². The zero-order valence-electron chi connectivity index (χ0n) is 16.3. The SMILES string of the molecule is CCNC(=NCc1ccn(-c2ccc(OC)cc2)n1)NCc1ccnn1C.I. The summed E-state index contributed by atoms with van der Waals surface area (Å²) in [5, 5.41) is 15.3. The van der Waals surface area contributed by atoms with Crippen molar-refractivity contribution >= 4 is 29.9 Å². The van der Waals surface area contributed by atoms with Crippen molar-refractivity contribution in [3.8, 4) is 11.4 Å². The van der Waals surface area contributed by atoms with Crippen molar-refractivity contribution in [2.75, 3.05) is 13.7 Å². The smallest absolute Gasteiger partial charge is 0.191 e. The first-order valence-electron chi connectivity index (χ1n) is 8.87. The van der Waals surface area contributed by atoms with E-state index in [4.69, 9.17) is 4.74 Å². The first-order valence-corrected chi connectivity index (χ1v) is 8.87. The Morgan fingerprint density at radius 2 is 1.93 bits per heavy atom. The third-order valence-electron chi connectivity index (χ3n) is 4.08. The zero-order chi connectivity index (χ0) is 19.1. The van der Waals surface area contributed by atoms with Crippen LogP contribution in [0, 0.1) is 0 Å². The number of nitrogens with zero attached hydrogens (tertiary/aromatic N) is 5. The average Bonchev–Trinajstić information content (AvgIpc) is 3.33. The molecule has 28 heavy (non-hydrogen) atoms. The predicted octanol–water partition coefficient (Wildman–Crippen LogP) is 2.49. The van der Waals surface area contributed by atoms with Gasteiger partial charge in [0, 0.05) is 26.0 Å². The highest BCUT2D eigenvalue weighted by Crippen LogP contribution is 2.14. The second-order valence-corrected chi connectivity index (χ2v) is 5.94. The van der Waals surface area contributed by atoms with E-state index in [-0.39, 0.29) is 24.0 Å². The Morgan fingerprint density at radius 1 is 1.14 bits per heavy atom. The van der Waals surface area contributed by atoms with E-state index in [1.807, 2.05) is 65.9 Å². The van der Waals surface area contributed by atoms with E-state index in [0.29, 0.717) is 13.1 Å². The van der Waals surface area contributed by atoms with Gasteiger partial charge in [-0.3, -0.25) is 4.68 Å². The lowest BCUT2D eigenvalue weighted by Gasteiger charge is -2.11. The first kappa shape index (κ1) is 21.7. The van der Waals surface area contributed by atoms with Gasteiger partial charge in [0.2, 0.25) is 0 Å². The molecule has 2 heterocycles. The molecule has 2 N–H and O–H groups in total. The maximum Gasteiger partial charge on any atom is 0.191 e. The van der Waals surface area contributed by atoms with Crippen molar-refractivity contribution in [1.29, 1.82) is 0 Å². The van der Waals surface area contributed by atoms with E-state index < -0.39 is 0 Å². The van der Waals surface area contributed by atoms with Crippen LogP contribution in [0.1, 0.15) is 18.3 Å². The van der Waals surface area contributed by atoms with Gasteiger partial charge in [-0.25, -0.2) is 9.67 Å². The molecule has 0 atom stereocenters. The molecule has 0 saturated heterocycles. The number of ether oxygens (including phenoxy) is 1. The average molecular weight is 495 g/mol. The molecule has 0 aliphatic rings. The quantitative estimate of drug-likeness (QED) is 0.299. The van der Waals surface area contributed by atoms with E-state index in [1.165, 1.54) is 0 Å². The Labute approximate surface area is 182 Å². The number of benzene rings is 1. The highest BCUT2D eigenvalue weighted by Gasteiger charge is 2.04. The highest BCUT2D eigenvalue weighted by molar-refractivity contribution is 14.0. The van der Waals surface area contributed by atoms with Crippen LogP contribution in [0.25, 0.3) is 5.69 Å².